The Bertz CT molecular complexity index is 1790. The van der Waals surface area contributed by atoms with Gasteiger partial charge in [-0.1, -0.05) is 35.5 Å². The third-order valence-corrected chi connectivity index (χ3v) is 6.76. The Hall–Kier alpha value is -5.12. The van der Waals surface area contributed by atoms with Gasteiger partial charge >= 0.3 is 22.6 Å². The van der Waals surface area contributed by atoms with Gasteiger partial charge in [0.1, 0.15) is 18.7 Å². The highest BCUT2D eigenvalue weighted by atomic mass is 32.2. The summed E-state index contributed by atoms with van der Waals surface area (Å²) in [6.07, 6.45) is 1.14. The van der Waals surface area contributed by atoms with E-state index in [1.54, 1.807) is 18.2 Å². The molecule has 0 saturated carbocycles. The van der Waals surface area contributed by atoms with Crippen LogP contribution in [0.15, 0.2) is 80.3 Å². The minimum absolute atomic E-state index is 0.0608. The molecule has 3 aromatic heterocycles. The fourth-order valence-electron chi connectivity index (χ4n) is 3.27. The average Bonchev–Trinajstić information content (AvgIpc) is 3.50. The van der Waals surface area contributed by atoms with Crippen molar-refractivity contribution in [2.75, 3.05) is 0 Å². The lowest BCUT2D eigenvalue weighted by molar-refractivity contribution is -0.832. The van der Waals surface area contributed by atoms with Gasteiger partial charge in [0.2, 0.25) is 0 Å². The molecule has 37 heavy (non-hydrogen) atoms. The van der Waals surface area contributed by atoms with Crippen molar-refractivity contribution in [3.63, 3.8) is 0 Å². The number of sulfone groups is 1. The van der Waals surface area contributed by atoms with Crippen LogP contribution in [0, 0.1) is 5.21 Å². The molecule has 16 heteroatoms. The molecule has 188 valence electrons. The normalized spacial score (nSPS) is 11.5. The van der Waals surface area contributed by atoms with E-state index in [9.17, 15) is 23.2 Å². The van der Waals surface area contributed by atoms with Gasteiger partial charge in [0.25, 0.3) is 9.84 Å². The van der Waals surface area contributed by atoms with E-state index < -0.39 is 32.4 Å². The largest absolute Gasteiger partial charge is 0.456 e. The molecule has 15 nitrogen and oxygen atoms in total. The third kappa shape index (κ3) is 4.36. The molecule has 0 atom stereocenters. The number of aromatic nitrogens is 7. The summed E-state index contributed by atoms with van der Waals surface area (Å²) < 4.78 is 43.1. The van der Waals surface area contributed by atoms with Gasteiger partial charge in [-0.15, -0.1) is 5.10 Å². The number of imidazole rings is 1. The molecular weight excluding hydrogens is 510 g/mol. The molecule has 0 aliphatic carbocycles. The van der Waals surface area contributed by atoms with Gasteiger partial charge < -0.3 is 14.7 Å². The molecule has 0 fully saturated rings. The monoisotopic (exact) mass is 525 g/mol. The summed E-state index contributed by atoms with van der Waals surface area (Å²) in [5.74, 6) is -1.33. The van der Waals surface area contributed by atoms with Crippen LogP contribution in [0.4, 0.5) is 0 Å². The Balaban J connectivity index is 1.34. The van der Waals surface area contributed by atoms with Crippen LogP contribution in [0.3, 0.4) is 0 Å². The van der Waals surface area contributed by atoms with Gasteiger partial charge in [-0.25, -0.2) is 27.4 Å². The second-order valence-electron chi connectivity index (χ2n) is 7.46. The Morgan fingerprint density at radius 2 is 1.95 bits per heavy atom. The Labute approximate surface area is 206 Å². The van der Waals surface area contributed by atoms with Crippen LogP contribution < -0.4 is 15.3 Å². The smallest absolute Gasteiger partial charge is 0.420 e. The molecule has 0 N–H and O–H groups in total. The van der Waals surface area contributed by atoms with E-state index in [1.807, 2.05) is 0 Å². The standard InChI is InChI=1S/C21H15N7O8S/c1-26-21(30)27-12-22-16(17(27)23-25-26)20(29)34-11-13-6-5-7-14(10-13)35-18-19(28(31)36-24-18)37(32,33)15-8-3-2-4-9-15/h2-10,12H,11H2,1H3. The SMILES string of the molecule is Cn1nnc2c(C(=O)OCc3cccc(Oc4no[n+]([O-])c4S(=O)(=O)c4ccccc4)c3)ncn2c1=O. The summed E-state index contributed by atoms with van der Waals surface area (Å²) in [5.41, 5.74) is -0.352. The van der Waals surface area contributed by atoms with Gasteiger partial charge in [-0.3, -0.25) is 4.63 Å². The van der Waals surface area contributed by atoms with Crippen LogP contribution >= 0.6 is 0 Å². The van der Waals surface area contributed by atoms with E-state index >= 15 is 0 Å². The molecule has 0 spiro atoms. The molecule has 3 heterocycles. The second kappa shape index (κ2) is 9.15. The summed E-state index contributed by atoms with van der Waals surface area (Å²) >= 11 is 0. The Morgan fingerprint density at radius 1 is 1.16 bits per heavy atom. The van der Waals surface area contributed by atoms with Crippen LogP contribution in [-0.2, 0) is 28.2 Å². The maximum atomic E-state index is 12.9. The first kappa shape index (κ1) is 23.6. The minimum atomic E-state index is -4.30. The second-order valence-corrected chi connectivity index (χ2v) is 9.33. The van der Waals surface area contributed by atoms with E-state index in [1.165, 1.54) is 43.4 Å². The summed E-state index contributed by atoms with van der Waals surface area (Å²) in [5, 5.41) is 22.1. The van der Waals surface area contributed by atoms with E-state index in [4.69, 9.17) is 9.47 Å². The van der Waals surface area contributed by atoms with Crippen LogP contribution in [-0.4, -0.2) is 43.9 Å². The lowest BCUT2D eigenvalue weighted by Gasteiger charge is -2.06. The van der Waals surface area contributed by atoms with Crippen LogP contribution in [0.25, 0.3) is 5.65 Å². The average molecular weight is 525 g/mol. The van der Waals surface area contributed by atoms with Crippen LogP contribution in [0.2, 0.25) is 0 Å². The van der Waals surface area contributed by atoms with Crippen molar-refractivity contribution in [1.29, 1.82) is 0 Å². The molecule has 0 saturated heterocycles. The molecule has 0 amide bonds. The highest BCUT2D eigenvalue weighted by Gasteiger charge is 2.36. The number of esters is 1. The number of nitrogens with zero attached hydrogens (tertiary/aromatic N) is 7. The first-order chi connectivity index (χ1) is 17.8. The fourth-order valence-corrected chi connectivity index (χ4v) is 4.54. The fraction of sp³-hybridized carbons (Fsp3) is 0.0952. The quantitative estimate of drug-likeness (QED) is 0.211. The third-order valence-electron chi connectivity index (χ3n) is 5.03. The van der Waals surface area contributed by atoms with Crippen LogP contribution in [0.5, 0.6) is 11.6 Å². The van der Waals surface area contributed by atoms with Gasteiger partial charge in [-0.2, -0.15) is 4.68 Å². The zero-order valence-corrected chi connectivity index (χ0v) is 19.6. The Morgan fingerprint density at radius 3 is 2.73 bits per heavy atom. The first-order valence-electron chi connectivity index (χ1n) is 10.4. The van der Waals surface area contributed by atoms with Crippen molar-refractivity contribution in [2.45, 2.75) is 16.5 Å². The Kier molecular flexibility index (Phi) is 5.84. The number of hydrogen-bond donors (Lipinski definition) is 0. The predicted molar refractivity (Wildman–Crippen MR) is 119 cm³/mol. The van der Waals surface area contributed by atoms with Crippen molar-refractivity contribution in [3.05, 3.63) is 87.9 Å². The van der Waals surface area contributed by atoms with Crippen LogP contribution in [0.1, 0.15) is 16.1 Å². The van der Waals surface area contributed by atoms with Gasteiger partial charge in [0, 0.05) is 7.05 Å². The van der Waals surface area contributed by atoms with Crippen molar-refractivity contribution in [2.24, 2.45) is 7.05 Å². The molecule has 0 radical (unpaired) electrons. The number of rotatable bonds is 7. The number of hydrogen-bond acceptors (Lipinski definition) is 12. The molecule has 0 bridgehead atoms. The zero-order valence-electron chi connectivity index (χ0n) is 18.8. The number of fused-ring (bicyclic) bond motifs is 1. The first-order valence-corrected chi connectivity index (χ1v) is 11.8. The molecule has 5 aromatic rings. The number of aryl methyl sites for hydroxylation is 1. The molecule has 0 unspecified atom stereocenters. The molecule has 5 rings (SSSR count). The van der Waals surface area contributed by atoms with Gasteiger partial charge in [0.15, 0.2) is 11.3 Å². The van der Waals surface area contributed by atoms with E-state index in [2.05, 4.69) is 25.1 Å². The zero-order chi connectivity index (χ0) is 26.2. The molecular formula is C21H15N7O8S. The highest BCUT2D eigenvalue weighted by Crippen LogP contribution is 2.29. The van der Waals surface area contributed by atoms with Gasteiger partial charge in [0.05, 0.1) is 10.1 Å². The lowest BCUT2D eigenvalue weighted by atomic mass is 10.2. The van der Waals surface area contributed by atoms with E-state index in [0.29, 0.717) is 5.56 Å². The van der Waals surface area contributed by atoms with Crippen molar-refractivity contribution in [3.8, 4) is 11.6 Å². The summed E-state index contributed by atoms with van der Waals surface area (Å²) in [7, 11) is -2.90. The maximum absolute atomic E-state index is 12.9. The minimum Gasteiger partial charge on any atom is -0.456 e. The number of carbonyl (C=O) groups is 1. The van der Waals surface area contributed by atoms with E-state index in [0.717, 1.165) is 15.4 Å². The maximum Gasteiger partial charge on any atom is 0.420 e. The molecule has 2 aromatic carbocycles. The van der Waals surface area contributed by atoms with Crippen molar-refractivity contribution < 1.29 is 32.2 Å². The summed E-state index contributed by atoms with van der Waals surface area (Å²) in [6, 6.07) is 13.3. The predicted octanol–water partition coefficient (Wildman–Crippen LogP) is 0.427. The topological polar surface area (TPSA) is 188 Å². The van der Waals surface area contributed by atoms with E-state index in [-0.39, 0.29) is 33.5 Å². The number of carbonyl (C=O) groups excluding carboxylic acids is 1. The van der Waals surface area contributed by atoms with Crippen molar-refractivity contribution in [1.82, 2.24) is 29.5 Å². The van der Waals surface area contributed by atoms with Crippen molar-refractivity contribution >= 4 is 21.5 Å². The summed E-state index contributed by atoms with van der Waals surface area (Å²) in [6.45, 7) is -0.233. The lowest BCUT2D eigenvalue weighted by Crippen LogP contribution is -2.30. The number of benzene rings is 2. The number of ether oxygens (including phenoxy) is 2. The summed E-state index contributed by atoms with van der Waals surface area (Å²) in [4.78, 5) is 28.0. The molecule has 0 aliphatic rings. The van der Waals surface area contributed by atoms with Gasteiger partial charge in [-0.05, 0) is 34.7 Å². The highest BCUT2D eigenvalue weighted by molar-refractivity contribution is 7.91. The molecule has 0 aliphatic heterocycles.